The van der Waals surface area contributed by atoms with Gasteiger partial charge in [0.1, 0.15) is 5.69 Å². The van der Waals surface area contributed by atoms with Gasteiger partial charge in [-0.1, -0.05) is 38.1 Å². The summed E-state index contributed by atoms with van der Waals surface area (Å²) in [5, 5.41) is 3.93. The van der Waals surface area contributed by atoms with E-state index in [1.54, 1.807) is 24.5 Å². The van der Waals surface area contributed by atoms with Crippen LogP contribution in [0.15, 0.2) is 47.7 Å². The number of benzene rings is 1. The third-order valence-corrected chi connectivity index (χ3v) is 2.83. The molecule has 1 aromatic heterocycles. The Bertz CT molecular complexity index is 554. The molecular weight excluding hydrogens is 238 g/mol. The van der Waals surface area contributed by atoms with Crippen molar-refractivity contribution in [2.24, 2.45) is 5.10 Å². The van der Waals surface area contributed by atoms with Crippen molar-refractivity contribution in [3.8, 4) is 0 Å². The van der Waals surface area contributed by atoms with Gasteiger partial charge in [-0.15, -0.1) is 0 Å². The smallest absolute Gasteiger partial charge is 0.287 e. The molecule has 0 saturated carbocycles. The molecule has 0 spiro atoms. The third kappa shape index (κ3) is 3.55. The van der Waals surface area contributed by atoms with Crippen LogP contribution in [0.5, 0.6) is 0 Å². The molecule has 2 aromatic rings. The summed E-state index contributed by atoms with van der Waals surface area (Å²) in [5.74, 6) is 0.263. The first kappa shape index (κ1) is 13.1. The Morgan fingerprint density at radius 2 is 2.00 bits per heavy atom. The van der Waals surface area contributed by atoms with Gasteiger partial charge in [-0.05, 0) is 29.2 Å². The molecule has 0 aliphatic rings. The van der Waals surface area contributed by atoms with Gasteiger partial charge in [-0.25, -0.2) is 5.43 Å². The standard InChI is InChI=1S/C15H17N3O/c1-11(2)13-7-5-12(6-8-13)10-17-18-15(19)14-4-3-9-16-14/h3-11,16H,1-2H3,(H,18,19)/b17-10-. The molecule has 0 aliphatic heterocycles. The first-order valence-electron chi connectivity index (χ1n) is 6.23. The molecule has 1 aromatic carbocycles. The van der Waals surface area contributed by atoms with Gasteiger partial charge in [0.25, 0.3) is 5.91 Å². The number of carbonyl (C=O) groups is 1. The number of rotatable bonds is 4. The summed E-state index contributed by atoms with van der Waals surface area (Å²) < 4.78 is 0. The van der Waals surface area contributed by atoms with Crippen LogP contribution in [0.2, 0.25) is 0 Å². The van der Waals surface area contributed by atoms with E-state index in [0.717, 1.165) is 5.56 Å². The van der Waals surface area contributed by atoms with Gasteiger partial charge in [0.05, 0.1) is 6.21 Å². The van der Waals surface area contributed by atoms with E-state index < -0.39 is 0 Å². The number of hydrazone groups is 1. The summed E-state index contributed by atoms with van der Waals surface area (Å²) in [5.41, 5.74) is 5.20. The molecule has 4 heteroatoms. The third-order valence-electron chi connectivity index (χ3n) is 2.83. The summed E-state index contributed by atoms with van der Waals surface area (Å²) in [4.78, 5) is 14.4. The first-order chi connectivity index (χ1) is 9.16. The number of carbonyl (C=O) groups excluding carboxylic acids is 1. The van der Waals surface area contributed by atoms with Crippen molar-refractivity contribution >= 4 is 12.1 Å². The fourth-order valence-electron chi connectivity index (χ4n) is 1.66. The molecule has 4 nitrogen and oxygen atoms in total. The number of hydrogen-bond acceptors (Lipinski definition) is 2. The van der Waals surface area contributed by atoms with Crippen molar-refractivity contribution in [3.63, 3.8) is 0 Å². The van der Waals surface area contributed by atoms with E-state index in [4.69, 9.17) is 0 Å². The molecule has 0 bridgehead atoms. The van der Waals surface area contributed by atoms with E-state index in [9.17, 15) is 4.79 Å². The lowest BCUT2D eigenvalue weighted by molar-refractivity contribution is 0.0951. The fraction of sp³-hybridized carbons (Fsp3) is 0.200. The van der Waals surface area contributed by atoms with Gasteiger partial charge in [-0.2, -0.15) is 5.10 Å². The highest BCUT2D eigenvalue weighted by Gasteiger charge is 2.03. The first-order valence-corrected chi connectivity index (χ1v) is 6.23. The molecule has 98 valence electrons. The Balaban J connectivity index is 1.94. The second kappa shape index (κ2) is 6.00. The van der Waals surface area contributed by atoms with Crippen molar-refractivity contribution in [1.82, 2.24) is 10.4 Å². The van der Waals surface area contributed by atoms with Crippen LogP contribution in [0.25, 0.3) is 0 Å². The average Bonchev–Trinajstić information content (AvgIpc) is 2.93. The highest BCUT2D eigenvalue weighted by molar-refractivity contribution is 5.93. The van der Waals surface area contributed by atoms with Crippen molar-refractivity contribution in [1.29, 1.82) is 0 Å². The van der Waals surface area contributed by atoms with Crippen molar-refractivity contribution < 1.29 is 4.79 Å². The van der Waals surface area contributed by atoms with Crippen molar-refractivity contribution in [2.75, 3.05) is 0 Å². The fourth-order valence-corrected chi connectivity index (χ4v) is 1.66. The highest BCUT2D eigenvalue weighted by Crippen LogP contribution is 2.13. The Kier molecular flexibility index (Phi) is 4.13. The summed E-state index contributed by atoms with van der Waals surface area (Å²) in [6, 6.07) is 11.6. The van der Waals surface area contributed by atoms with E-state index in [0.29, 0.717) is 11.6 Å². The summed E-state index contributed by atoms with van der Waals surface area (Å²) in [7, 11) is 0. The van der Waals surface area contributed by atoms with Crippen molar-refractivity contribution in [3.05, 3.63) is 59.4 Å². The maximum absolute atomic E-state index is 11.6. The van der Waals surface area contributed by atoms with Crippen LogP contribution >= 0.6 is 0 Å². The Hall–Kier alpha value is -2.36. The molecule has 2 rings (SSSR count). The number of nitrogens with zero attached hydrogens (tertiary/aromatic N) is 1. The minimum atomic E-state index is -0.250. The lowest BCUT2D eigenvalue weighted by atomic mass is 10.0. The predicted molar refractivity (Wildman–Crippen MR) is 76.4 cm³/mol. The summed E-state index contributed by atoms with van der Waals surface area (Å²) in [6.07, 6.45) is 3.33. The van der Waals surface area contributed by atoms with Gasteiger partial charge in [0.2, 0.25) is 0 Å². The molecule has 1 heterocycles. The number of hydrogen-bond donors (Lipinski definition) is 2. The second-order valence-electron chi connectivity index (χ2n) is 4.60. The minimum Gasteiger partial charge on any atom is -0.357 e. The number of amides is 1. The summed E-state index contributed by atoms with van der Waals surface area (Å²) in [6.45, 7) is 4.30. The van der Waals surface area contributed by atoms with E-state index in [2.05, 4.69) is 41.5 Å². The molecule has 0 fully saturated rings. The summed E-state index contributed by atoms with van der Waals surface area (Å²) >= 11 is 0. The van der Waals surface area contributed by atoms with Crippen LogP contribution < -0.4 is 5.43 Å². The molecule has 0 radical (unpaired) electrons. The quantitative estimate of drug-likeness (QED) is 0.640. The molecule has 0 aliphatic carbocycles. The van der Waals surface area contributed by atoms with Gasteiger partial charge in [0.15, 0.2) is 0 Å². The normalized spacial score (nSPS) is 11.1. The molecule has 0 atom stereocenters. The van der Waals surface area contributed by atoms with Gasteiger partial charge < -0.3 is 4.98 Å². The van der Waals surface area contributed by atoms with Gasteiger partial charge in [-0.3, -0.25) is 4.79 Å². The average molecular weight is 255 g/mol. The van der Waals surface area contributed by atoms with Crippen LogP contribution in [0, 0.1) is 0 Å². The zero-order valence-corrected chi connectivity index (χ0v) is 11.1. The van der Waals surface area contributed by atoms with Gasteiger partial charge >= 0.3 is 0 Å². The van der Waals surface area contributed by atoms with Crippen molar-refractivity contribution in [2.45, 2.75) is 19.8 Å². The predicted octanol–water partition coefficient (Wildman–Crippen LogP) is 2.90. The number of aromatic amines is 1. The molecule has 0 saturated heterocycles. The second-order valence-corrected chi connectivity index (χ2v) is 4.60. The maximum atomic E-state index is 11.6. The van der Waals surface area contributed by atoms with E-state index in [-0.39, 0.29) is 5.91 Å². The highest BCUT2D eigenvalue weighted by atomic mass is 16.2. The van der Waals surface area contributed by atoms with Crippen LogP contribution in [0.3, 0.4) is 0 Å². The van der Waals surface area contributed by atoms with Crippen LogP contribution in [-0.4, -0.2) is 17.1 Å². The maximum Gasteiger partial charge on any atom is 0.287 e. The Morgan fingerprint density at radius 1 is 1.26 bits per heavy atom. The van der Waals surface area contributed by atoms with Crippen LogP contribution in [0.1, 0.15) is 41.4 Å². The lowest BCUT2D eigenvalue weighted by Crippen LogP contribution is -2.17. The largest absolute Gasteiger partial charge is 0.357 e. The van der Waals surface area contributed by atoms with E-state index in [1.807, 2.05) is 12.1 Å². The molecule has 2 N–H and O–H groups in total. The number of nitrogens with one attached hydrogen (secondary N) is 2. The zero-order chi connectivity index (χ0) is 13.7. The van der Waals surface area contributed by atoms with Gasteiger partial charge in [0, 0.05) is 6.20 Å². The SMILES string of the molecule is CC(C)c1ccc(/C=N\NC(=O)c2ccc[nH]2)cc1. The molecule has 1 amide bonds. The Labute approximate surface area is 112 Å². The lowest BCUT2D eigenvalue weighted by Gasteiger charge is -2.04. The van der Waals surface area contributed by atoms with Crippen LogP contribution in [0.4, 0.5) is 0 Å². The minimum absolute atomic E-state index is 0.250. The monoisotopic (exact) mass is 255 g/mol. The molecular formula is C15H17N3O. The zero-order valence-electron chi connectivity index (χ0n) is 11.1. The van der Waals surface area contributed by atoms with E-state index in [1.165, 1.54) is 5.56 Å². The number of H-pyrrole nitrogens is 1. The molecule has 0 unspecified atom stereocenters. The number of aromatic nitrogens is 1. The van der Waals surface area contributed by atoms with E-state index >= 15 is 0 Å². The molecule has 19 heavy (non-hydrogen) atoms. The topological polar surface area (TPSA) is 57.2 Å². The van der Waals surface area contributed by atoms with Crippen LogP contribution in [-0.2, 0) is 0 Å². The Morgan fingerprint density at radius 3 is 2.58 bits per heavy atom.